The molecule has 0 atom stereocenters. The Morgan fingerprint density at radius 2 is 1.81 bits per heavy atom. The van der Waals surface area contributed by atoms with Gasteiger partial charge < -0.3 is 4.90 Å². The molecule has 1 aliphatic heterocycles. The van der Waals surface area contributed by atoms with Crippen LogP contribution >= 0.6 is 11.3 Å². The highest BCUT2D eigenvalue weighted by Crippen LogP contribution is 2.47. The lowest BCUT2D eigenvalue weighted by atomic mass is 9.67. The number of piperidine rings is 1. The van der Waals surface area contributed by atoms with Gasteiger partial charge in [-0.3, -0.25) is 9.59 Å². The van der Waals surface area contributed by atoms with Gasteiger partial charge in [-0.25, -0.2) is 0 Å². The van der Waals surface area contributed by atoms with Crippen LogP contribution in [0.15, 0.2) is 23.8 Å². The van der Waals surface area contributed by atoms with Crippen molar-refractivity contribution in [3.63, 3.8) is 0 Å². The Balaban J connectivity index is 1.88. The summed E-state index contributed by atoms with van der Waals surface area (Å²) in [6.07, 6.45) is 2.00. The minimum atomic E-state index is -0.311. The monoisotopic (exact) mass is 432 g/mol. The number of anilines is 1. The second-order valence-electron chi connectivity index (χ2n) is 9.09. The van der Waals surface area contributed by atoms with Crippen LogP contribution in [0.2, 0.25) is 0 Å². The van der Waals surface area contributed by atoms with Gasteiger partial charge in [0.25, 0.3) is 0 Å². The molecule has 1 aromatic carbocycles. The zero-order valence-electron chi connectivity index (χ0n) is 18.9. The van der Waals surface area contributed by atoms with Gasteiger partial charge in [0.2, 0.25) is 0 Å². The van der Waals surface area contributed by atoms with Crippen molar-refractivity contribution in [2.75, 3.05) is 18.0 Å². The van der Waals surface area contributed by atoms with Gasteiger partial charge in [-0.1, -0.05) is 26.3 Å². The van der Waals surface area contributed by atoms with Gasteiger partial charge in [0, 0.05) is 53.0 Å². The van der Waals surface area contributed by atoms with Crippen LogP contribution in [0.1, 0.15) is 77.3 Å². The summed E-state index contributed by atoms with van der Waals surface area (Å²) in [5, 5.41) is 9.34. The van der Waals surface area contributed by atoms with E-state index in [1.54, 1.807) is 0 Å². The van der Waals surface area contributed by atoms with E-state index >= 15 is 0 Å². The minimum absolute atomic E-state index is 0.0522. The second-order valence-corrected chi connectivity index (χ2v) is 10.1. The van der Waals surface area contributed by atoms with Gasteiger partial charge in [0.05, 0.1) is 0 Å². The predicted molar refractivity (Wildman–Crippen MR) is 126 cm³/mol. The standard InChI is InChI=1S/C26H28N2O2S/c1-6-17-12-20-21(13-22(17)28-9-7-18(29)8-10-28)26(4,5)16(3)23(24(20)30)25-15(2)11-19(14-27)31-25/h11-13H,6-10H2,1-5H3. The molecule has 0 bridgehead atoms. The third-order valence-corrected chi connectivity index (χ3v) is 8.13. The smallest absolute Gasteiger partial charge is 0.194 e. The number of nitriles is 1. The maximum atomic E-state index is 13.8. The van der Waals surface area contributed by atoms with Crippen LogP contribution in [-0.2, 0) is 16.6 Å². The zero-order chi connectivity index (χ0) is 22.5. The van der Waals surface area contributed by atoms with Crippen molar-refractivity contribution < 1.29 is 9.59 Å². The Bertz CT molecular complexity index is 1170. The SMILES string of the molecule is CCc1cc2c(cc1N1CCC(=O)CC1)C(C)(C)C(C)=C(c1sc(C#N)cc1C)C2=O. The number of Topliss-reactive ketones (excluding diaryl/α,β-unsaturated/α-hetero) is 2. The molecule has 2 aliphatic rings. The lowest BCUT2D eigenvalue weighted by Crippen LogP contribution is -2.36. The van der Waals surface area contributed by atoms with Gasteiger partial charge in [0.15, 0.2) is 5.78 Å². The number of rotatable bonds is 3. The number of fused-ring (bicyclic) bond motifs is 1. The fraction of sp³-hybridized carbons (Fsp3) is 0.423. The number of aryl methyl sites for hydroxylation is 2. The molecule has 4 nitrogen and oxygen atoms in total. The first-order valence-electron chi connectivity index (χ1n) is 10.9. The van der Waals surface area contributed by atoms with Crippen LogP contribution in [0.3, 0.4) is 0 Å². The number of benzene rings is 1. The molecule has 1 saturated heterocycles. The Hall–Kier alpha value is -2.71. The summed E-state index contributed by atoms with van der Waals surface area (Å²) in [7, 11) is 0. The number of hydrogen-bond acceptors (Lipinski definition) is 5. The third-order valence-electron chi connectivity index (χ3n) is 6.97. The molecule has 31 heavy (non-hydrogen) atoms. The number of hydrogen-bond donors (Lipinski definition) is 0. The lowest BCUT2D eigenvalue weighted by Gasteiger charge is -2.38. The first kappa shape index (κ1) is 21.5. The summed E-state index contributed by atoms with van der Waals surface area (Å²) < 4.78 is 0. The summed E-state index contributed by atoms with van der Waals surface area (Å²) in [5.41, 5.74) is 6.59. The summed E-state index contributed by atoms with van der Waals surface area (Å²) >= 11 is 1.40. The molecule has 0 spiro atoms. The number of nitrogens with zero attached hydrogens (tertiary/aromatic N) is 2. The zero-order valence-corrected chi connectivity index (χ0v) is 19.7. The molecule has 160 valence electrons. The average Bonchev–Trinajstić information content (AvgIpc) is 3.13. The van der Waals surface area contributed by atoms with E-state index in [0.717, 1.165) is 63.5 Å². The van der Waals surface area contributed by atoms with Gasteiger partial charge in [0.1, 0.15) is 16.7 Å². The van der Waals surface area contributed by atoms with Crippen LogP contribution in [0.25, 0.3) is 5.57 Å². The molecule has 4 rings (SSSR count). The van der Waals surface area contributed by atoms with E-state index in [4.69, 9.17) is 0 Å². The summed E-state index contributed by atoms with van der Waals surface area (Å²) in [4.78, 5) is 29.4. The van der Waals surface area contributed by atoms with Crippen molar-refractivity contribution in [1.29, 1.82) is 5.26 Å². The topological polar surface area (TPSA) is 61.2 Å². The Labute approximate surface area is 188 Å². The van der Waals surface area contributed by atoms with Crippen molar-refractivity contribution in [1.82, 2.24) is 0 Å². The first-order valence-corrected chi connectivity index (χ1v) is 11.7. The largest absolute Gasteiger partial charge is 0.370 e. The third kappa shape index (κ3) is 3.43. The number of carbonyl (C=O) groups is 2. The Kier molecular flexibility index (Phi) is 5.39. The van der Waals surface area contributed by atoms with E-state index in [1.165, 1.54) is 11.3 Å². The molecule has 0 saturated carbocycles. The highest BCUT2D eigenvalue weighted by atomic mass is 32.1. The van der Waals surface area contributed by atoms with Crippen LogP contribution in [-0.4, -0.2) is 24.7 Å². The summed E-state index contributed by atoms with van der Waals surface area (Å²) in [5.74, 6) is 0.380. The van der Waals surface area contributed by atoms with Crippen molar-refractivity contribution in [2.45, 2.75) is 59.3 Å². The Morgan fingerprint density at radius 3 is 2.39 bits per heavy atom. The van der Waals surface area contributed by atoms with Gasteiger partial charge in [-0.15, -0.1) is 11.3 Å². The molecule has 0 unspecified atom stereocenters. The van der Waals surface area contributed by atoms with Crippen molar-refractivity contribution in [2.24, 2.45) is 0 Å². The molecule has 0 amide bonds. The molecule has 0 N–H and O–H groups in total. The average molecular weight is 433 g/mol. The number of thiophene rings is 1. The van der Waals surface area contributed by atoms with E-state index in [-0.39, 0.29) is 11.2 Å². The van der Waals surface area contributed by atoms with Crippen LogP contribution in [0, 0.1) is 18.3 Å². The first-order chi connectivity index (χ1) is 14.7. The van der Waals surface area contributed by atoms with E-state index in [1.807, 2.05) is 19.9 Å². The van der Waals surface area contributed by atoms with Gasteiger partial charge in [-0.05, 0) is 55.2 Å². The number of carbonyl (C=O) groups excluding carboxylic acids is 2. The van der Waals surface area contributed by atoms with Gasteiger partial charge in [-0.2, -0.15) is 5.26 Å². The second kappa shape index (κ2) is 7.76. The van der Waals surface area contributed by atoms with E-state index < -0.39 is 0 Å². The van der Waals surface area contributed by atoms with Crippen molar-refractivity contribution in [3.8, 4) is 6.07 Å². The highest BCUT2D eigenvalue weighted by Gasteiger charge is 2.39. The predicted octanol–water partition coefficient (Wildman–Crippen LogP) is 5.61. The summed E-state index contributed by atoms with van der Waals surface area (Å²) in [6.45, 7) is 12.0. The highest BCUT2D eigenvalue weighted by molar-refractivity contribution is 7.14. The van der Waals surface area contributed by atoms with E-state index in [9.17, 15) is 14.9 Å². The molecule has 0 radical (unpaired) electrons. The van der Waals surface area contributed by atoms with Gasteiger partial charge >= 0.3 is 0 Å². The van der Waals surface area contributed by atoms with Crippen LogP contribution in [0.4, 0.5) is 5.69 Å². The van der Waals surface area contributed by atoms with E-state index in [0.29, 0.717) is 23.5 Å². The Morgan fingerprint density at radius 1 is 1.13 bits per heavy atom. The normalized spacial score (nSPS) is 18.3. The molecule has 2 heterocycles. The molecule has 5 heteroatoms. The minimum Gasteiger partial charge on any atom is -0.370 e. The molecule has 2 aromatic rings. The maximum Gasteiger partial charge on any atom is 0.194 e. The molecule has 1 aromatic heterocycles. The number of allylic oxidation sites excluding steroid dienone is 2. The molecule has 1 aliphatic carbocycles. The number of ketones is 2. The van der Waals surface area contributed by atoms with Crippen LogP contribution in [0.5, 0.6) is 0 Å². The fourth-order valence-corrected chi connectivity index (χ4v) is 5.86. The molecule has 1 fully saturated rings. The van der Waals surface area contributed by atoms with Crippen molar-refractivity contribution in [3.05, 3.63) is 55.8 Å². The maximum absolute atomic E-state index is 13.8. The van der Waals surface area contributed by atoms with Crippen molar-refractivity contribution >= 4 is 34.2 Å². The summed E-state index contributed by atoms with van der Waals surface area (Å²) in [6, 6.07) is 8.36. The fourth-order valence-electron chi connectivity index (χ4n) is 4.79. The quantitative estimate of drug-likeness (QED) is 0.633. The molecular formula is C26H28N2O2S. The molecular weight excluding hydrogens is 404 g/mol. The van der Waals surface area contributed by atoms with Crippen LogP contribution < -0.4 is 4.90 Å². The van der Waals surface area contributed by atoms with E-state index in [2.05, 4.69) is 43.9 Å². The lowest BCUT2D eigenvalue weighted by molar-refractivity contribution is -0.119.